The third-order valence-corrected chi connectivity index (χ3v) is 6.52. The van der Waals surface area contributed by atoms with E-state index in [1.54, 1.807) is 18.2 Å². The van der Waals surface area contributed by atoms with Crippen molar-refractivity contribution in [1.82, 2.24) is 0 Å². The molecule has 3 nitrogen and oxygen atoms in total. The second-order valence-corrected chi connectivity index (χ2v) is 9.47. The van der Waals surface area contributed by atoms with Crippen molar-refractivity contribution in [2.24, 2.45) is 0 Å². The highest BCUT2D eigenvalue weighted by atomic mass is 35.5. The normalized spacial score (nSPS) is 11.3. The minimum Gasteiger partial charge on any atom is -0.280 e. The lowest BCUT2D eigenvalue weighted by molar-refractivity contribution is 0.601. The van der Waals surface area contributed by atoms with Gasteiger partial charge >= 0.3 is 0 Å². The third kappa shape index (κ3) is 6.00. The van der Waals surface area contributed by atoms with Gasteiger partial charge < -0.3 is 0 Å². The van der Waals surface area contributed by atoms with Crippen molar-refractivity contribution >= 4 is 56.0 Å². The molecule has 0 saturated carbocycles. The van der Waals surface area contributed by atoms with Gasteiger partial charge in [-0.3, -0.25) is 4.72 Å². The molecule has 0 aliphatic rings. The molecule has 0 unspecified atom stereocenters. The first-order valence-electron chi connectivity index (χ1n) is 8.56. The van der Waals surface area contributed by atoms with Crippen LogP contribution < -0.4 is 4.72 Å². The molecular weight excluding hydrogens is 452 g/mol. The summed E-state index contributed by atoms with van der Waals surface area (Å²) < 4.78 is 40.9. The monoisotopic (exact) mass is 467 g/mol. The van der Waals surface area contributed by atoms with E-state index in [0.29, 0.717) is 23.6 Å². The molecule has 0 aliphatic carbocycles. The van der Waals surface area contributed by atoms with Gasteiger partial charge in [-0.05, 0) is 53.6 Å². The van der Waals surface area contributed by atoms with E-state index in [1.807, 2.05) is 6.07 Å². The van der Waals surface area contributed by atoms with Crippen molar-refractivity contribution in [2.45, 2.75) is 17.7 Å². The molecule has 0 aromatic heterocycles. The molecule has 0 bridgehead atoms. The first-order valence-corrected chi connectivity index (χ1v) is 11.2. The molecule has 0 saturated heterocycles. The van der Waals surface area contributed by atoms with Gasteiger partial charge in [0.15, 0.2) is 0 Å². The Balaban J connectivity index is 1.67. The number of halogens is 3. The Morgan fingerprint density at radius 1 is 0.897 bits per heavy atom. The van der Waals surface area contributed by atoms with Crippen LogP contribution in [0.5, 0.6) is 0 Å². The highest BCUT2D eigenvalue weighted by Crippen LogP contribution is 2.26. The minimum absolute atomic E-state index is 0.114. The molecule has 1 N–H and O–H groups in total. The first-order chi connectivity index (χ1) is 13.7. The van der Waals surface area contributed by atoms with Crippen LogP contribution in [0.1, 0.15) is 11.1 Å². The molecule has 3 aromatic rings. The van der Waals surface area contributed by atoms with Crippen LogP contribution in [-0.4, -0.2) is 13.3 Å². The highest BCUT2D eigenvalue weighted by molar-refractivity contribution is 7.92. The molecular formula is C21H16Cl2FNO2S2. The van der Waals surface area contributed by atoms with E-state index >= 15 is 0 Å². The van der Waals surface area contributed by atoms with Crippen LogP contribution in [0.15, 0.2) is 71.6 Å². The molecule has 0 spiro atoms. The van der Waals surface area contributed by atoms with Crippen LogP contribution in [0.4, 0.5) is 10.1 Å². The van der Waals surface area contributed by atoms with E-state index in [0.717, 1.165) is 16.0 Å². The Kier molecular flexibility index (Phi) is 6.90. The molecule has 0 heterocycles. The zero-order valence-corrected chi connectivity index (χ0v) is 18.2. The predicted molar refractivity (Wildman–Crippen MR) is 120 cm³/mol. The SMILES string of the molecule is O=S(=O)(Nc1ccc(Cl)c(Cl)c1)c1ccc(CC(=S)Cc2cccc(F)c2)cc1. The van der Waals surface area contributed by atoms with Crippen LogP contribution in [0.3, 0.4) is 0 Å². The maximum atomic E-state index is 13.3. The fourth-order valence-electron chi connectivity index (χ4n) is 2.72. The fourth-order valence-corrected chi connectivity index (χ4v) is 4.41. The summed E-state index contributed by atoms with van der Waals surface area (Å²) in [6, 6.07) is 17.3. The Bertz CT molecular complexity index is 1150. The largest absolute Gasteiger partial charge is 0.280 e. The number of sulfonamides is 1. The molecule has 8 heteroatoms. The predicted octanol–water partition coefficient (Wildman–Crippen LogP) is 6.09. The van der Waals surface area contributed by atoms with E-state index in [-0.39, 0.29) is 15.7 Å². The Morgan fingerprint density at radius 3 is 2.24 bits per heavy atom. The Hall–Kier alpha value is -1.99. The zero-order chi connectivity index (χ0) is 21.0. The Labute approximate surface area is 184 Å². The van der Waals surface area contributed by atoms with Crippen LogP contribution >= 0.6 is 35.4 Å². The topological polar surface area (TPSA) is 46.2 Å². The summed E-state index contributed by atoms with van der Waals surface area (Å²) in [7, 11) is -3.77. The molecule has 3 rings (SSSR count). The number of hydrogen-bond donors (Lipinski definition) is 1. The van der Waals surface area contributed by atoms with Crippen molar-refractivity contribution in [3.8, 4) is 0 Å². The maximum Gasteiger partial charge on any atom is 0.261 e. The molecule has 0 aliphatic heterocycles. The lowest BCUT2D eigenvalue weighted by Gasteiger charge is -2.10. The summed E-state index contributed by atoms with van der Waals surface area (Å²) in [6.07, 6.45) is 0.971. The van der Waals surface area contributed by atoms with Crippen molar-refractivity contribution in [1.29, 1.82) is 0 Å². The maximum absolute atomic E-state index is 13.3. The van der Waals surface area contributed by atoms with Gasteiger partial charge in [-0.15, -0.1) is 0 Å². The summed E-state index contributed by atoms with van der Waals surface area (Å²) in [5, 5.41) is 0.599. The number of rotatable bonds is 7. The van der Waals surface area contributed by atoms with Crippen LogP contribution in [0, 0.1) is 5.82 Å². The molecule has 0 fully saturated rings. The molecule has 3 aromatic carbocycles. The summed E-state index contributed by atoms with van der Waals surface area (Å²) >= 11 is 17.2. The van der Waals surface area contributed by atoms with Gasteiger partial charge in [0.25, 0.3) is 10.0 Å². The lowest BCUT2D eigenvalue weighted by Crippen LogP contribution is -2.13. The van der Waals surface area contributed by atoms with Gasteiger partial charge in [0.1, 0.15) is 5.82 Å². The number of benzene rings is 3. The number of nitrogens with one attached hydrogen (secondary N) is 1. The second kappa shape index (κ2) is 9.22. The molecule has 29 heavy (non-hydrogen) atoms. The molecule has 0 atom stereocenters. The van der Waals surface area contributed by atoms with Crippen LogP contribution in [0.25, 0.3) is 0 Å². The highest BCUT2D eigenvalue weighted by Gasteiger charge is 2.15. The van der Waals surface area contributed by atoms with E-state index < -0.39 is 10.0 Å². The lowest BCUT2D eigenvalue weighted by atomic mass is 10.0. The van der Waals surface area contributed by atoms with Gasteiger partial charge in [-0.2, -0.15) is 0 Å². The molecule has 150 valence electrons. The number of anilines is 1. The number of hydrogen-bond acceptors (Lipinski definition) is 3. The van der Waals surface area contributed by atoms with E-state index in [1.165, 1.54) is 42.5 Å². The average Bonchev–Trinajstić information content (AvgIpc) is 2.65. The van der Waals surface area contributed by atoms with E-state index in [2.05, 4.69) is 4.72 Å². The van der Waals surface area contributed by atoms with Crippen molar-refractivity contribution < 1.29 is 12.8 Å². The Morgan fingerprint density at radius 2 is 1.59 bits per heavy atom. The van der Waals surface area contributed by atoms with Gasteiger partial charge in [0.2, 0.25) is 0 Å². The summed E-state index contributed by atoms with van der Waals surface area (Å²) in [5.41, 5.74) is 2.00. The number of thiocarbonyl (C=S) groups is 1. The average molecular weight is 468 g/mol. The minimum atomic E-state index is -3.77. The zero-order valence-electron chi connectivity index (χ0n) is 15.0. The van der Waals surface area contributed by atoms with Gasteiger partial charge in [0, 0.05) is 17.7 Å². The quantitative estimate of drug-likeness (QED) is 0.427. The van der Waals surface area contributed by atoms with Crippen LogP contribution in [-0.2, 0) is 22.9 Å². The van der Waals surface area contributed by atoms with Crippen molar-refractivity contribution in [3.63, 3.8) is 0 Å². The van der Waals surface area contributed by atoms with Gasteiger partial charge in [-0.25, -0.2) is 12.8 Å². The molecule has 0 radical (unpaired) electrons. The van der Waals surface area contributed by atoms with E-state index in [4.69, 9.17) is 35.4 Å². The summed E-state index contributed by atoms with van der Waals surface area (Å²) in [5.74, 6) is -0.297. The molecule has 0 amide bonds. The fraction of sp³-hybridized carbons (Fsp3) is 0.0952. The van der Waals surface area contributed by atoms with Gasteiger partial charge in [-0.1, -0.05) is 59.7 Å². The smallest absolute Gasteiger partial charge is 0.261 e. The summed E-state index contributed by atoms with van der Waals surface area (Å²) in [4.78, 5) is 0.850. The first kappa shape index (κ1) is 21.7. The van der Waals surface area contributed by atoms with Crippen molar-refractivity contribution in [3.05, 3.63) is 93.7 Å². The van der Waals surface area contributed by atoms with E-state index in [9.17, 15) is 12.8 Å². The third-order valence-electron chi connectivity index (χ3n) is 4.10. The van der Waals surface area contributed by atoms with Crippen LogP contribution in [0.2, 0.25) is 10.0 Å². The standard InChI is InChI=1S/C21H16Cl2FNO2S2/c22-20-9-6-17(13-21(20)23)25-29(26,27)19-7-4-14(5-8-19)11-18(28)12-15-2-1-3-16(24)10-15/h1-10,13,25H,11-12H2. The van der Waals surface area contributed by atoms with Gasteiger partial charge in [0.05, 0.1) is 20.6 Å². The van der Waals surface area contributed by atoms with Crippen molar-refractivity contribution in [2.75, 3.05) is 4.72 Å². The summed E-state index contributed by atoms with van der Waals surface area (Å²) in [6.45, 7) is 0. The second-order valence-electron chi connectivity index (χ2n) is 6.40.